The van der Waals surface area contributed by atoms with Crippen molar-refractivity contribution in [2.45, 2.75) is 51.6 Å². The van der Waals surface area contributed by atoms with Crippen LogP contribution in [0.2, 0.25) is 0 Å². The molecule has 3 amide bonds. The van der Waals surface area contributed by atoms with Gasteiger partial charge in [0.2, 0.25) is 0 Å². The van der Waals surface area contributed by atoms with Crippen molar-refractivity contribution in [3.8, 4) is 0 Å². The molecule has 3 rings (SSSR count). The summed E-state index contributed by atoms with van der Waals surface area (Å²) >= 11 is 0. The Morgan fingerprint density at radius 1 is 1.48 bits per heavy atom. The summed E-state index contributed by atoms with van der Waals surface area (Å²) in [7, 11) is 1.87. The topological polar surface area (TPSA) is 67.2 Å². The van der Waals surface area contributed by atoms with Gasteiger partial charge in [-0.1, -0.05) is 19.8 Å². The smallest absolute Gasteiger partial charge is 0.304 e. The zero-order chi connectivity index (χ0) is 15.2. The first-order chi connectivity index (χ1) is 9.92. The summed E-state index contributed by atoms with van der Waals surface area (Å²) < 4.78 is 1.78. The lowest BCUT2D eigenvalue weighted by atomic mass is 9.75. The summed E-state index contributed by atoms with van der Waals surface area (Å²) in [5.74, 6) is 0.337. The number of imide groups is 1. The molecule has 2 atom stereocenters. The minimum absolute atomic E-state index is 0.127. The quantitative estimate of drug-likeness (QED) is 0.843. The molecule has 1 aromatic rings. The predicted octanol–water partition coefficient (Wildman–Crippen LogP) is 1.73. The fourth-order valence-electron chi connectivity index (χ4n) is 3.77. The van der Waals surface area contributed by atoms with E-state index in [2.05, 4.69) is 17.3 Å². The second-order valence-electron chi connectivity index (χ2n) is 6.48. The number of amides is 3. The van der Waals surface area contributed by atoms with E-state index in [1.165, 1.54) is 0 Å². The van der Waals surface area contributed by atoms with Crippen molar-refractivity contribution in [1.29, 1.82) is 0 Å². The molecule has 2 aliphatic rings. The van der Waals surface area contributed by atoms with Gasteiger partial charge >= 0.3 is 6.03 Å². The Labute approximate surface area is 124 Å². The molecule has 0 radical (unpaired) electrons. The van der Waals surface area contributed by atoms with E-state index in [1.807, 2.05) is 20.0 Å². The number of hydrogen-bond donors (Lipinski definition) is 1. The third-order valence-corrected chi connectivity index (χ3v) is 4.80. The Morgan fingerprint density at radius 2 is 2.24 bits per heavy atom. The van der Waals surface area contributed by atoms with Crippen molar-refractivity contribution < 1.29 is 9.59 Å². The molecule has 0 bridgehead atoms. The summed E-state index contributed by atoms with van der Waals surface area (Å²) in [6.45, 7) is 4.52. The lowest BCUT2D eigenvalue weighted by Gasteiger charge is -2.40. The van der Waals surface area contributed by atoms with Gasteiger partial charge in [-0.05, 0) is 31.7 Å². The van der Waals surface area contributed by atoms with E-state index < -0.39 is 5.54 Å². The molecule has 1 aliphatic heterocycles. The highest BCUT2D eigenvalue weighted by molar-refractivity contribution is 6.07. The maximum absolute atomic E-state index is 12.4. The number of nitrogens with one attached hydrogen (secondary N) is 1. The number of urea groups is 1. The molecule has 6 heteroatoms. The van der Waals surface area contributed by atoms with Crippen molar-refractivity contribution >= 4 is 11.9 Å². The molecule has 1 saturated carbocycles. The molecule has 1 aromatic heterocycles. The summed E-state index contributed by atoms with van der Waals surface area (Å²) in [6, 6.07) is 1.70. The molecular weight excluding hydrogens is 268 g/mol. The Balaban J connectivity index is 1.92. The van der Waals surface area contributed by atoms with Crippen LogP contribution in [0.5, 0.6) is 0 Å². The first-order valence-electron chi connectivity index (χ1n) is 7.55. The Morgan fingerprint density at radius 3 is 2.86 bits per heavy atom. The van der Waals surface area contributed by atoms with Crippen LogP contribution in [0.1, 0.15) is 44.0 Å². The SMILES string of the molecule is Cc1cc(CN2C(=O)NC(=O)C23CCCC(C)C3)n(C)n1. The zero-order valence-electron chi connectivity index (χ0n) is 12.8. The van der Waals surface area contributed by atoms with Gasteiger partial charge in [-0.2, -0.15) is 5.10 Å². The van der Waals surface area contributed by atoms with Gasteiger partial charge in [0.05, 0.1) is 17.9 Å². The number of hydrogen-bond acceptors (Lipinski definition) is 3. The van der Waals surface area contributed by atoms with Gasteiger partial charge in [0.25, 0.3) is 5.91 Å². The Bertz CT molecular complexity index is 594. The molecule has 2 fully saturated rings. The highest BCUT2D eigenvalue weighted by Gasteiger charge is 2.54. The molecule has 1 saturated heterocycles. The first-order valence-corrected chi connectivity index (χ1v) is 7.55. The number of nitrogens with zero attached hydrogens (tertiary/aromatic N) is 3. The van der Waals surface area contributed by atoms with E-state index in [1.54, 1.807) is 9.58 Å². The van der Waals surface area contributed by atoms with Crippen LogP contribution in [-0.2, 0) is 18.4 Å². The molecular formula is C15H22N4O2. The van der Waals surface area contributed by atoms with Gasteiger partial charge in [0, 0.05) is 7.05 Å². The van der Waals surface area contributed by atoms with Crippen LogP contribution in [0.4, 0.5) is 4.79 Å². The van der Waals surface area contributed by atoms with Crippen molar-refractivity contribution in [3.63, 3.8) is 0 Å². The van der Waals surface area contributed by atoms with Crippen LogP contribution >= 0.6 is 0 Å². The van der Waals surface area contributed by atoms with Crippen LogP contribution in [0, 0.1) is 12.8 Å². The minimum atomic E-state index is -0.660. The molecule has 6 nitrogen and oxygen atoms in total. The van der Waals surface area contributed by atoms with Gasteiger partial charge in [0.15, 0.2) is 0 Å². The summed E-state index contributed by atoms with van der Waals surface area (Å²) in [6.07, 6.45) is 3.62. The van der Waals surface area contributed by atoms with Gasteiger partial charge in [-0.3, -0.25) is 14.8 Å². The lowest BCUT2D eigenvalue weighted by Crippen LogP contribution is -2.52. The molecule has 0 aromatic carbocycles. The molecule has 21 heavy (non-hydrogen) atoms. The summed E-state index contributed by atoms with van der Waals surface area (Å²) in [5.41, 5.74) is 1.21. The van der Waals surface area contributed by atoms with E-state index in [0.717, 1.165) is 37.1 Å². The predicted molar refractivity (Wildman–Crippen MR) is 77.4 cm³/mol. The van der Waals surface area contributed by atoms with Crippen molar-refractivity contribution in [2.75, 3.05) is 0 Å². The molecule has 2 heterocycles. The van der Waals surface area contributed by atoms with E-state index >= 15 is 0 Å². The maximum Gasteiger partial charge on any atom is 0.325 e. The van der Waals surface area contributed by atoms with Crippen molar-refractivity contribution in [2.24, 2.45) is 13.0 Å². The van der Waals surface area contributed by atoms with Gasteiger partial charge < -0.3 is 4.90 Å². The average molecular weight is 290 g/mol. The number of carbonyl (C=O) groups is 2. The standard InChI is InChI=1S/C15H22N4O2/c1-10-5-4-6-15(8-10)13(20)16-14(21)19(15)9-12-7-11(2)17-18(12)3/h7,10H,4-6,8-9H2,1-3H3,(H,16,20,21). The Hall–Kier alpha value is -1.85. The number of rotatable bonds is 2. The van der Waals surface area contributed by atoms with Crippen LogP contribution in [0.15, 0.2) is 6.07 Å². The van der Waals surface area contributed by atoms with Gasteiger partial charge in [0.1, 0.15) is 5.54 Å². The lowest BCUT2D eigenvalue weighted by molar-refractivity contribution is -0.129. The van der Waals surface area contributed by atoms with Crippen molar-refractivity contribution in [3.05, 3.63) is 17.5 Å². The minimum Gasteiger partial charge on any atom is -0.304 e. The third kappa shape index (κ3) is 2.22. The van der Waals surface area contributed by atoms with Crippen LogP contribution < -0.4 is 5.32 Å². The monoisotopic (exact) mass is 290 g/mol. The largest absolute Gasteiger partial charge is 0.325 e. The van der Waals surface area contributed by atoms with E-state index in [4.69, 9.17) is 0 Å². The first kappa shape index (κ1) is 14.1. The summed E-state index contributed by atoms with van der Waals surface area (Å²) in [5, 5.41) is 6.83. The second kappa shape index (κ2) is 4.86. The highest BCUT2D eigenvalue weighted by Crippen LogP contribution is 2.40. The van der Waals surface area contributed by atoms with Crippen molar-refractivity contribution in [1.82, 2.24) is 20.0 Å². The fourth-order valence-corrected chi connectivity index (χ4v) is 3.77. The van der Waals surface area contributed by atoms with Gasteiger partial charge in [-0.15, -0.1) is 0 Å². The highest BCUT2D eigenvalue weighted by atomic mass is 16.2. The molecule has 114 valence electrons. The van der Waals surface area contributed by atoms with Crippen LogP contribution in [0.3, 0.4) is 0 Å². The maximum atomic E-state index is 12.4. The second-order valence-corrected chi connectivity index (χ2v) is 6.48. The molecule has 1 spiro atoms. The number of aromatic nitrogens is 2. The summed E-state index contributed by atoms with van der Waals surface area (Å²) in [4.78, 5) is 26.4. The zero-order valence-corrected chi connectivity index (χ0v) is 12.8. The van der Waals surface area contributed by atoms with Crippen LogP contribution in [-0.4, -0.2) is 32.2 Å². The average Bonchev–Trinajstić information content (AvgIpc) is 2.82. The number of aryl methyl sites for hydroxylation is 2. The normalized spacial score (nSPS) is 29.3. The van der Waals surface area contributed by atoms with Crippen LogP contribution in [0.25, 0.3) is 0 Å². The van der Waals surface area contributed by atoms with E-state index in [9.17, 15) is 9.59 Å². The molecule has 2 unspecified atom stereocenters. The van der Waals surface area contributed by atoms with E-state index in [-0.39, 0.29) is 11.9 Å². The molecule has 1 aliphatic carbocycles. The number of carbonyl (C=O) groups excluding carboxylic acids is 2. The fraction of sp³-hybridized carbons (Fsp3) is 0.667. The molecule has 1 N–H and O–H groups in total. The Kier molecular flexibility index (Phi) is 3.26. The van der Waals surface area contributed by atoms with E-state index in [0.29, 0.717) is 12.5 Å². The third-order valence-electron chi connectivity index (χ3n) is 4.80. The van der Waals surface area contributed by atoms with Gasteiger partial charge in [-0.25, -0.2) is 4.79 Å².